The van der Waals surface area contributed by atoms with Crippen molar-refractivity contribution in [2.24, 2.45) is 0 Å². The van der Waals surface area contributed by atoms with E-state index in [1.807, 2.05) is 0 Å². The van der Waals surface area contributed by atoms with Crippen LogP contribution in [0.2, 0.25) is 0 Å². The lowest BCUT2D eigenvalue weighted by Crippen LogP contribution is -2.61. The van der Waals surface area contributed by atoms with Gasteiger partial charge in [0, 0.05) is 50.7 Å². The number of hydrogen-bond acceptors (Lipinski definition) is 3. The zero-order chi connectivity index (χ0) is 54.8. The van der Waals surface area contributed by atoms with E-state index in [9.17, 15) is 0 Å². The third kappa shape index (κ3) is 8.21. The summed E-state index contributed by atoms with van der Waals surface area (Å²) in [5, 5.41) is 0. The van der Waals surface area contributed by atoms with Crippen molar-refractivity contribution in [1.29, 1.82) is 0 Å². The first-order valence-corrected chi connectivity index (χ1v) is 29.3. The van der Waals surface area contributed by atoms with Gasteiger partial charge in [0.2, 0.25) is 0 Å². The molecule has 79 heavy (non-hydrogen) atoms. The average Bonchev–Trinajstić information content (AvgIpc) is 3.53. The van der Waals surface area contributed by atoms with Gasteiger partial charge in [0.05, 0.1) is 16.9 Å². The van der Waals surface area contributed by atoms with E-state index in [1.165, 1.54) is 137 Å². The van der Waals surface area contributed by atoms with Crippen LogP contribution >= 0.6 is 0 Å². The Morgan fingerprint density at radius 2 is 0.848 bits per heavy atom. The first-order valence-electron chi connectivity index (χ1n) is 29.3. The molecule has 394 valence electrons. The first-order chi connectivity index (χ1) is 37.8. The molecule has 0 spiro atoms. The predicted octanol–water partition coefficient (Wildman–Crippen LogP) is 18.8. The maximum atomic E-state index is 2.83. The quantitative estimate of drug-likeness (QED) is 0.154. The normalized spacial score (nSPS) is 18.6. The molecule has 3 nitrogen and oxygen atoms in total. The standard InChI is InChI=1S/C75H76BN3/c1-71(2,3)54-36-40-63(58(45-54)51-28-18-13-19-29-51)77-66-39-34-53(50-26-16-12-17-27-50)44-62(66)76-61-38-35-56(73(7,8)9)47-67(61)78(64-41-37-55(72(4,5)6)46-59(64)52-30-20-14-21-31-52)69-49-57(48-68(77)70(69)76)79-65-33-23-22-32-60(65)74(10)42-24-15-25-43-75(74,79)11/h12-14,16-23,26-41,44-49H,15,24-25,42-43H2,1-11H3. The Hall–Kier alpha value is -7.56. The molecule has 3 aliphatic heterocycles. The summed E-state index contributed by atoms with van der Waals surface area (Å²) in [4.78, 5) is 8.22. The van der Waals surface area contributed by atoms with Gasteiger partial charge in [-0.05, 0) is 152 Å². The van der Waals surface area contributed by atoms with Crippen molar-refractivity contribution in [3.8, 4) is 33.4 Å². The molecule has 3 heterocycles. The molecular formula is C75H76BN3. The minimum absolute atomic E-state index is 0.0453. The number of anilines is 8. The molecule has 1 saturated carbocycles. The molecule has 2 atom stereocenters. The van der Waals surface area contributed by atoms with Crippen LogP contribution in [0, 0.1) is 0 Å². The summed E-state index contributed by atoms with van der Waals surface area (Å²) < 4.78 is 0. The van der Waals surface area contributed by atoms with Gasteiger partial charge in [-0.3, -0.25) is 0 Å². The second-order valence-corrected chi connectivity index (χ2v) is 26.9. The molecule has 9 aromatic rings. The van der Waals surface area contributed by atoms with Crippen LogP contribution in [0.3, 0.4) is 0 Å². The third-order valence-electron chi connectivity index (χ3n) is 18.9. The molecule has 4 aliphatic rings. The summed E-state index contributed by atoms with van der Waals surface area (Å²) in [7, 11) is 0. The SMILES string of the molecule is CC(C)(C)c1ccc(N2c3ccc(-c4ccccc4)cc3B3c4ccc(C(C)(C)C)cc4N(c4ccc(C(C)(C)C)cc4-c4ccccc4)c4cc(N5c6ccccc6C6(C)CCCCCC56C)cc2c43)c(-c2ccccc2)c1. The van der Waals surface area contributed by atoms with Gasteiger partial charge >= 0.3 is 0 Å². The topological polar surface area (TPSA) is 9.72 Å². The van der Waals surface area contributed by atoms with Crippen molar-refractivity contribution in [1.82, 2.24) is 0 Å². The number of fused-ring (bicyclic) bond motifs is 7. The molecule has 0 N–H and O–H groups in total. The number of nitrogens with zero attached hydrogens (tertiary/aromatic N) is 3. The molecule has 0 amide bonds. The van der Waals surface area contributed by atoms with Crippen molar-refractivity contribution in [2.75, 3.05) is 14.7 Å². The van der Waals surface area contributed by atoms with Crippen LogP contribution in [0.15, 0.2) is 200 Å². The fraction of sp³-hybridized carbons (Fsp3) is 0.280. The van der Waals surface area contributed by atoms with E-state index in [0.29, 0.717) is 0 Å². The minimum Gasteiger partial charge on any atom is -0.334 e. The minimum atomic E-state index is -0.181. The second kappa shape index (κ2) is 18.5. The molecule has 0 bridgehead atoms. The Kier molecular flexibility index (Phi) is 11.9. The molecule has 1 fully saturated rings. The summed E-state index contributed by atoms with van der Waals surface area (Å²) in [6.07, 6.45) is 5.98. The van der Waals surface area contributed by atoms with E-state index < -0.39 is 0 Å². The van der Waals surface area contributed by atoms with Gasteiger partial charge in [0.1, 0.15) is 0 Å². The lowest BCUT2D eigenvalue weighted by molar-refractivity contribution is 0.261. The van der Waals surface area contributed by atoms with Gasteiger partial charge < -0.3 is 14.7 Å². The number of benzene rings is 9. The maximum absolute atomic E-state index is 2.83. The van der Waals surface area contributed by atoms with E-state index in [2.05, 4.69) is 291 Å². The van der Waals surface area contributed by atoms with Gasteiger partial charge in [0.25, 0.3) is 6.71 Å². The largest absolute Gasteiger partial charge is 0.334 e. The fourth-order valence-electron chi connectivity index (χ4n) is 14.3. The highest BCUT2D eigenvalue weighted by Crippen LogP contribution is 2.61. The number of para-hydroxylation sites is 1. The van der Waals surface area contributed by atoms with Crippen molar-refractivity contribution in [3.05, 3.63) is 222 Å². The highest BCUT2D eigenvalue weighted by Gasteiger charge is 2.57. The number of rotatable bonds is 6. The molecule has 9 aromatic carbocycles. The molecule has 1 aliphatic carbocycles. The summed E-state index contributed by atoms with van der Waals surface area (Å²) >= 11 is 0. The van der Waals surface area contributed by atoms with Crippen molar-refractivity contribution in [3.63, 3.8) is 0 Å². The Balaban J connectivity index is 1.21. The molecule has 0 aromatic heterocycles. The van der Waals surface area contributed by atoms with Crippen LogP contribution in [-0.2, 0) is 21.7 Å². The Bertz CT molecular complexity index is 3820. The van der Waals surface area contributed by atoms with Crippen LogP contribution in [-0.4, -0.2) is 12.3 Å². The van der Waals surface area contributed by atoms with E-state index in [0.717, 1.165) is 12.8 Å². The van der Waals surface area contributed by atoms with E-state index in [4.69, 9.17) is 0 Å². The summed E-state index contributed by atoms with van der Waals surface area (Å²) in [5.41, 5.74) is 26.1. The zero-order valence-electron chi connectivity index (χ0n) is 48.5. The molecule has 2 unspecified atom stereocenters. The van der Waals surface area contributed by atoms with Gasteiger partial charge in [-0.2, -0.15) is 0 Å². The van der Waals surface area contributed by atoms with E-state index in [-0.39, 0.29) is 33.9 Å². The second-order valence-electron chi connectivity index (χ2n) is 26.9. The Morgan fingerprint density at radius 3 is 1.42 bits per heavy atom. The van der Waals surface area contributed by atoms with Crippen LogP contribution in [0.25, 0.3) is 33.4 Å². The van der Waals surface area contributed by atoms with Gasteiger partial charge in [-0.15, -0.1) is 0 Å². The average molecular weight is 1030 g/mol. The highest BCUT2D eigenvalue weighted by atomic mass is 15.3. The van der Waals surface area contributed by atoms with Crippen molar-refractivity contribution in [2.45, 2.75) is 135 Å². The highest BCUT2D eigenvalue weighted by molar-refractivity contribution is 7.00. The van der Waals surface area contributed by atoms with Gasteiger partial charge in [-0.1, -0.05) is 234 Å². The Labute approximate surface area is 472 Å². The molecule has 4 heteroatoms. The predicted molar refractivity (Wildman–Crippen MR) is 340 cm³/mol. The van der Waals surface area contributed by atoms with Crippen molar-refractivity contribution < 1.29 is 0 Å². The van der Waals surface area contributed by atoms with Crippen molar-refractivity contribution >= 4 is 68.6 Å². The first kappa shape index (κ1) is 50.9. The lowest BCUT2D eigenvalue weighted by atomic mass is 9.33. The van der Waals surface area contributed by atoms with Crippen LogP contribution in [0.4, 0.5) is 45.5 Å². The smallest absolute Gasteiger partial charge is 0.252 e. The van der Waals surface area contributed by atoms with Crippen LogP contribution in [0.5, 0.6) is 0 Å². The van der Waals surface area contributed by atoms with E-state index >= 15 is 0 Å². The third-order valence-corrected chi connectivity index (χ3v) is 18.9. The molecular weight excluding hydrogens is 954 g/mol. The fourth-order valence-corrected chi connectivity index (χ4v) is 14.3. The molecule has 0 radical (unpaired) electrons. The Morgan fingerprint density at radius 1 is 0.367 bits per heavy atom. The summed E-state index contributed by atoms with van der Waals surface area (Å²) in [6, 6.07) is 77.5. The molecule has 0 saturated heterocycles. The zero-order valence-corrected chi connectivity index (χ0v) is 48.5. The van der Waals surface area contributed by atoms with E-state index in [1.54, 1.807) is 0 Å². The monoisotopic (exact) mass is 1030 g/mol. The van der Waals surface area contributed by atoms with Gasteiger partial charge in [0.15, 0.2) is 0 Å². The van der Waals surface area contributed by atoms with Crippen LogP contribution < -0.4 is 31.1 Å². The van der Waals surface area contributed by atoms with Gasteiger partial charge in [-0.25, -0.2) is 0 Å². The molecule has 13 rings (SSSR count). The number of hydrogen-bond donors (Lipinski definition) is 0. The summed E-state index contributed by atoms with van der Waals surface area (Å²) in [5.74, 6) is 0. The van der Waals surface area contributed by atoms with Crippen LogP contribution in [0.1, 0.15) is 131 Å². The lowest BCUT2D eigenvalue weighted by Gasteiger charge is -2.49. The maximum Gasteiger partial charge on any atom is 0.252 e. The summed E-state index contributed by atoms with van der Waals surface area (Å²) in [6.45, 7) is 26.3.